The zero-order valence-electron chi connectivity index (χ0n) is 29.6. The number of ether oxygens (including phenoxy) is 2. The second kappa shape index (κ2) is 34.9. The smallest absolute Gasteiger partial charge is 0.472 e. The van der Waals surface area contributed by atoms with Gasteiger partial charge in [0.25, 0.3) is 0 Å². The van der Waals surface area contributed by atoms with Crippen LogP contribution >= 0.6 is 7.82 Å². The van der Waals surface area contributed by atoms with Crippen molar-refractivity contribution in [1.82, 2.24) is 0 Å². The van der Waals surface area contributed by atoms with Crippen LogP contribution in [0.4, 0.5) is 0 Å². The molecule has 0 saturated heterocycles. The fourth-order valence-electron chi connectivity index (χ4n) is 4.78. The van der Waals surface area contributed by atoms with Gasteiger partial charge >= 0.3 is 13.8 Å². The molecule has 2 atom stereocenters. The first-order valence-corrected chi connectivity index (χ1v) is 20.0. The van der Waals surface area contributed by atoms with Crippen LogP contribution in [0.15, 0.2) is 36.6 Å². The maximum Gasteiger partial charge on any atom is 0.472 e. The molecule has 0 aliphatic heterocycles. The Kier molecular flexibility index (Phi) is 33.8. The molecule has 0 bridgehead atoms. The Labute approximate surface area is 282 Å². The van der Waals surface area contributed by atoms with Crippen LogP contribution in [0.1, 0.15) is 162 Å². The van der Waals surface area contributed by atoms with Gasteiger partial charge in [-0.1, -0.05) is 115 Å². The summed E-state index contributed by atoms with van der Waals surface area (Å²) < 4.78 is 33.0. The van der Waals surface area contributed by atoms with Gasteiger partial charge in [-0.15, -0.1) is 0 Å². The summed E-state index contributed by atoms with van der Waals surface area (Å²) in [6.45, 7) is 4.14. The van der Waals surface area contributed by atoms with Crippen LogP contribution in [0.5, 0.6) is 0 Å². The molecule has 0 radical (unpaired) electrons. The Hall–Kier alpha value is -1.44. The summed E-state index contributed by atoms with van der Waals surface area (Å²) in [5.74, 6) is -0.305. The van der Waals surface area contributed by atoms with Crippen LogP contribution < -0.4 is 5.73 Å². The molecule has 0 aromatic rings. The molecule has 0 rings (SSSR count). The van der Waals surface area contributed by atoms with Crippen molar-refractivity contribution in [3.8, 4) is 0 Å². The summed E-state index contributed by atoms with van der Waals surface area (Å²) in [5.41, 5.74) is 5.34. The van der Waals surface area contributed by atoms with E-state index in [1.165, 1.54) is 83.5 Å². The largest absolute Gasteiger partial charge is 0.492 e. The molecule has 0 heterocycles. The Morgan fingerprint density at radius 3 is 1.67 bits per heavy atom. The molecule has 1 unspecified atom stereocenters. The van der Waals surface area contributed by atoms with Crippen LogP contribution in [0.25, 0.3) is 0 Å². The fraction of sp³-hybridized carbons (Fsp3) is 0.811. The van der Waals surface area contributed by atoms with Gasteiger partial charge in [-0.05, 0) is 70.3 Å². The Morgan fingerprint density at radius 1 is 0.652 bits per heavy atom. The number of carbonyl (C=O) groups excluding carboxylic acids is 1. The first kappa shape index (κ1) is 44.6. The first-order chi connectivity index (χ1) is 22.4. The van der Waals surface area contributed by atoms with Crippen molar-refractivity contribution in [2.75, 3.05) is 26.4 Å². The quantitative estimate of drug-likeness (QED) is 0.0225. The molecular formula is C37H70NO7P. The highest BCUT2D eigenvalue weighted by Crippen LogP contribution is 2.43. The van der Waals surface area contributed by atoms with Gasteiger partial charge in [-0.3, -0.25) is 13.8 Å². The Morgan fingerprint density at radius 2 is 1.13 bits per heavy atom. The molecule has 0 aromatic carbocycles. The normalized spacial score (nSPS) is 14.0. The van der Waals surface area contributed by atoms with Gasteiger partial charge in [-0.25, -0.2) is 4.57 Å². The molecule has 9 heteroatoms. The standard InChI is InChI=1S/C37H70NO7P/c1-3-5-7-9-11-13-15-16-17-18-19-21-23-25-27-29-32-42-36(35-45-46(40,41)44-33-31-38)34-43-37(39)30-28-26-24-22-20-14-12-10-8-6-4-2/h10,12,16-17,29,32,36H,3-9,11,13-15,18-28,30-31,33-35,38H2,1-2H3,(H,40,41)/b12-10-,17-16-,32-29-/t36-/m1/s1. The summed E-state index contributed by atoms with van der Waals surface area (Å²) in [4.78, 5) is 22.1. The van der Waals surface area contributed by atoms with Crippen LogP contribution in [-0.2, 0) is 27.9 Å². The number of carbonyl (C=O) groups is 1. The van der Waals surface area contributed by atoms with Crippen molar-refractivity contribution in [1.29, 1.82) is 0 Å². The molecule has 0 spiro atoms. The molecular weight excluding hydrogens is 601 g/mol. The van der Waals surface area contributed by atoms with Crippen LogP contribution in [-0.4, -0.2) is 43.3 Å². The van der Waals surface area contributed by atoms with Crippen molar-refractivity contribution < 1.29 is 32.8 Å². The van der Waals surface area contributed by atoms with Gasteiger partial charge in [0.2, 0.25) is 0 Å². The number of allylic oxidation sites excluding steroid dienone is 5. The molecule has 0 aliphatic rings. The van der Waals surface area contributed by atoms with E-state index in [1.54, 1.807) is 6.26 Å². The summed E-state index contributed by atoms with van der Waals surface area (Å²) in [5, 5.41) is 0. The van der Waals surface area contributed by atoms with Crippen molar-refractivity contribution in [3.63, 3.8) is 0 Å². The van der Waals surface area contributed by atoms with Gasteiger partial charge in [-0.2, -0.15) is 0 Å². The predicted octanol–water partition coefficient (Wildman–Crippen LogP) is 10.6. The summed E-state index contributed by atoms with van der Waals surface area (Å²) in [7, 11) is -4.26. The minimum Gasteiger partial charge on any atom is -0.492 e. The first-order valence-electron chi connectivity index (χ1n) is 18.5. The maximum absolute atomic E-state index is 12.3. The monoisotopic (exact) mass is 671 g/mol. The number of nitrogens with two attached hydrogens (primary N) is 1. The number of hydrogen-bond acceptors (Lipinski definition) is 7. The number of unbranched alkanes of at least 4 members (excludes halogenated alkanes) is 18. The van der Waals surface area contributed by atoms with Crippen molar-refractivity contribution in [2.24, 2.45) is 5.73 Å². The Balaban J connectivity index is 4.19. The summed E-state index contributed by atoms with van der Waals surface area (Å²) in [6, 6.07) is 0. The van der Waals surface area contributed by atoms with Crippen LogP contribution in [0.3, 0.4) is 0 Å². The summed E-state index contributed by atoms with van der Waals surface area (Å²) in [6.07, 6.45) is 38.3. The maximum atomic E-state index is 12.3. The van der Waals surface area contributed by atoms with E-state index >= 15 is 0 Å². The fourth-order valence-corrected chi connectivity index (χ4v) is 5.54. The molecule has 46 heavy (non-hydrogen) atoms. The van der Waals surface area contributed by atoms with Crippen molar-refractivity contribution in [3.05, 3.63) is 36.6 Å². The molecule has 0 amide bonds. The van der Waals surface area contributed by atoms with Gasteiger partial charge < -0.3 is 20.1 Å². The second-order valence-electron chi connectivity index (χ2n) is 12.1. The highest BCUT2D eigenvalue weighted by Gasteiger charge is 2.24. The van der Waals surface area contributed by atoms with Crippen LogP contribution in [0, 0.1) is 0 Å². The molecule has 3 N–H and O–H groups in total. The molecule has 0 fully saturated rings. The van der Waals surface area contributed by atoms with E-state index in [4.69, 9.17) is 24.3 Å². The zero-order chi connectivity index (χ0) is 33.8. The number of rotatable bonds is 35. The van der Waals surface area contributed by atoms with Gasteiger partial charge in [0.15, 0.2) is 6.10 Å². The highest BCUT2D eigenvalue weighted by atomic mass is 31.2. The number of hydrogen-bond donors (Lipinski definition) is 2. The predicted molar refractivity (Wildman–Crippen MR) is 192 cm³/mol. The number of phosphoric ester groups is 1. The van der Waals surface area contributed by atoms with Gasteiger partial charge in [0.05, 0.1) is 19.5 Å². The molecule has 0 aliphatic carbocycles. The van der Waals surface area contributed by atoms with E-state index in [0.717, 1.165) is 57.8 Å². The molecule has 8 nitrogen and oxygen atoms in total. The molecule has 270 valence electrons. The van der Waals surface area contributed by atoms with Gasteiger partial charge in [0.1, 0.15) is 6.61 Å². The zero-order valence-corrected chi connectivity index (χ0v) is 30.4. The summed E-state index contributed by atoms with van der Waals surface area (Å²) >= 11 is 0. The van der Waals surface area contributed by atoms with Crippen molar-refractivity contribution >= 4 is 13.8 Å². The topological polar surface area (TPSA) is 117 Å². The second-order valence-corrected chi connectivity index (χ2v) is 13.6. The van der Waals surface area contributed by atoms with E-state index < -0.39 is 13.9 Å². The molecule has 0 saturated carbocycles. The Bertz CT molecular complexity index is 803. The van der Waals surface area contributed by atoms with Crippen LogP contribution in [0.2, 0.25) is 0 Å². The lowest BCUT2D eigenvalue weighted by Gasteiger charge is -2.19. The lowest BCUT2D eigenvalue weighted by molar-refractivity contribution is -0.147. The van der Waals surface area contributed by atoms with Gasteiger partial charge in [0, 0.05) is 13.0 Å². The number of phosphoric acid groups is 1. The van der Waals surface area contributed by atoms with Crippen molar-refractivity contribution in [2.45, 2.75) is 168 Å². The molecule has 0 aromatic heterocycles. The average Bonchev–Trinajstić information content (AvgIpc) is 3.05. The van der Waals surface area contributed by atoms with E-state index in [0.29, 0.717) is 6.42 Å². The van der Waals surface area contributed by atoms with E-state index in [2.05, 4.69) is 38.2 Å². The third-order valence-corrected chi connectivity index (χ3v) is 8.60. The lowest BCUT2D eigenvalue weighted by atomic mass is 10.1. The lowest BCUT2D eigenvalue weighted by Crippen LogP contribution is -2.25. The number of esters is 1. The van der Waals surface area contributed by atoms with E-state index in [1.807, 2.05) is 6.08 Å². The third kappa shape index (κ3) is 33.9. The minimum atomic E-state index is -4.26. The third-order valence-electron chi connectivity index (χ3n) is 7.62. The highest BCUT2D eigenvalue weighted by molar-refractivity contribution is 7.47. The minimum absolute atomic E-state index is 0.0726. The SMILES string of the molecule is CCCC/C=C\CCCCCCCC(=O)OC[C@H](COP(=O)(O)OCCN)O/C=C\CCCCCC/C=C\CCCCCCCC. The average molecular weight is 672 g/mol. The van der Waals surface area contributed by atoms with E-state index in [9.17, 15) is 14.3 Å². The van der Waals surface area contributed by atoms with E-state index in [-0.39, 0.29) is 32.3 Å².